The topological polar surface area (TPSA) is 58.6 Å². The monoisotopic (exact) mass is 315 g/mol. The highest BCUT2D eigenvalue weighted by Gasteiger charge is 2.28. The van der Waals surface area contributed by atoms with Crippen molar-refractivity contribution in [3.63, 3.8) is 0 Å². The first-order valence-corrected chi connectivity index (χ1v) is 7.22. The molecule has 2 N–H and O–H groups in total. The number of methoxy groups -OCH3 is 1. The molecule has 2 atom stereocenters. The van der Waals surface area contributed by atoms with Crippen LogP contribution >= 0.6 is 0 Å². The maximum atomic E-state index is 13.7. The van der Waals surface area contributed by atoms with Gasteiger partial charge in [0, 0.05) is 31.3 Å². The number of carbonyl (C=O) groups is 1. The molecule has 0 fully saturated rings. The number of halogens is 2. The molecule has 0 heterocycles. The number of hydrogen-bond acceptors (Lipinski definition) is 3. The molecule has 22 heavy (non-hydrogen) atoms. The van der Waals surface area contributed by atoms with Crippen LogP contribution in [0.4, 0.5) is 8.78 Å². The van der Waals surface area contributed by atoms with Crippen molar-refractivity contribution in [2.75, 3.05) is 20.3 Å². The molecule has 0 bridgehead atoms. The Labute approximate surface area is 129 Å². The van der Waals surface area contributed by atoms with Crippen molar-refractivity contribution >= 4 is 5.91 Å². The van der Waals surface area contributed by atoms with Crippen molar-refractivity contribution in [1.29, 1.82) is 0 Å². The number of rotatable bonds is 8. The largest absolute Gasteiger partial charge is 0.385 e. The Kier molecular flexibility index (Phi) is 6.90. The summed E-state index contributed by atoms with van der Waals surface area (Å²) < 4.78 is 31.5. The third kappa shape index (κ3) is 5.35. The van der Waals surface area contributed by atoms with Gasteiger partial charge in [0.25, 0.3) is 0 Å². The van der Waals surface area contributed by atoms with Crippen LogP contribution in [0.3, 0.4) is 0 Å². The van der Waals surface area contributed by atoms with E-state index >= 15 is 0 Å². The zero-order chi connectivity index (χ0) is 16.8. The van der Waals surface area contributed by atoms with E-state index in [1.807, 2.05) is 0 Å². The van der Waals surface area contributed by atoms with E-state index < -0.39 is 17.2 Å². The molecule has 4 nitrogen and oxygen atoms in total. The average molecular weight is 315 g/mol. The minimum Gasteiger partial charge on any atom is -0.385 e. The summed E-state index contributed by atoms with van der Waals surface area (Å²) in [6.07, 6.45) is 1.42. The zero-order valence-electron chi connectivity index (χ0n) is 13.2. The van der Waals surface area contributed by atoms with Crippen LogP contribution in [0.15, 0.2) is 18.2 Å². The third-order valence-electron chi connectivity index (χ3n) is 3.55. The van der Waals surface area contributed by atoms with Crippen LogP contribution < -0.4 is 5.32 Å². The third-order valence-corrected chi connectivity index (χ3v) is 3.55. The van der Waals surface area contributed by atoms with Crippen molar-refractivity contribution in [3.05, 3.63) is 35.4 Å². The van der Waals surface area contributed by atoms with E-state index in [0.717, 1.165) is 12.5 Å². The molecule has 0 aliphatic rings. The zero-order valence-corrected chi connectivity index (χ0v) is 13.2. The highest BCUT2D eigenvalue weighted by molar-refractivity contribution is 5.78. The number of hydrogen-bond donors (Lipinski definition) is 2. The van der Waals surface area contributed by atoms with Crippen molar-refractivity contribution in [2.45, 2.75) is 32.3 Å². The highest BCUT2D eigenvalue weighted by Crippen LogP contribution is 2.23. The first-order valence-electron chi connectivity index (χ1n) is 7.22. The lowest BCUT2D eigenvalue weighted by atomic mass is 9.95. The van der Waals surface area contributed by atoms with Gasteiger partial charge in [-0.15, -0.1) is 0 Å². The first-order chi connectivity index (χ1) is 10.3. The van der Waals surface area contributed by atoms with Gasteiger partial charge < -0.3 is 15.2 Å². The van der Waals surface area contributed by atoms with Crippen molar-refractivity contribution in [3.8, 4) is 0 Å². The summed E-state index contributed by atoms with van der Waals surface area (Å²) in [7, 11) is 1.60. The van der Waals surface area contributed by atoms with E-state index in [0.29, 0.717) is 19.1 Å². The van der Waals surface area contributed by atoms with Crippen LogP contribution in [0.2, 0.25) is 0 Å². The predicted octanol–water partition coefficient (Wildman–Crippen LogP) is 2.35. The number of carbonyl (C=O) groups excluding carboxylic acids is 1. The van der Waals surface area contributed by atoms with E-state index in [1.165, 1.54) is 13.0 Å². The molecule has 0 aliphatic carbocycles. The van der Waals surface area contributed by atoms with Crippen LogP contribution in [-0.4, -0.2) is 31.3 Å². The molecule has 0 saturated carbocycles. The molecule has 6 heteroatoms. The fourth-order valence-corrected chi connectivity index (χ4v) is 2.12. The molecule has 0 radical (unpaired) electrons. The van der Waals surface area contributed by atoms with Crippen molar-refractivity contribution < 1.29 is 23.4 Å². The van der Waals surface area contributed by atoms with Gasteiger partial charge in [-0.05, 0) is 25.8 Å². The first kappa shape index (κ1) is 18.5. The van der Waals surface area contributed by atoms with E-state index in [9.17, 15) is 18.7 Å². The minimum absolute atomic E-state index is 0.0544. The molecule has 1 aromatic carbocycles. The lowest BCUT2D eigenvalue weighted by Crippen LogP contribution is -2.41. The second-order valence-corrected chi connectivity index (χ2v) is 5.65. The van der Waals surface area contributed by atoms with Crippen LogP contribution in [0, 0.1) is 17.6 Å². The van der Waals surface area contributed by atoms with Gasteiger partial charge in [0.05, 0.1) is 6.54 Å². The van der Waals surface area contributed by atoms with E-state index in [1.54, 1.807) is 14.0 Å². The Hall–Kier alpha value is -1.53. The predicted molar refractivity (Wildman–Crippen MR) is 79.2 cm³/mol. The second kappa shape index (κ2) is 8.19. The van der Waals surface area contributed by atoms with Gasteiger partial charge in [-0.3, -0.25) is 4.79 Å². The quantitative estimate of drug-likeness (QED) is 0.724. The number of ether oxygens (including phenoxy) is 1. The molecule has 1 rings (SSSR count). The second-order valence-electron chi connectivity index (χ2n) is 5.65. The number of nitrogens with one attached hydrogen (secondary N) is 1. The number of amides is 1. The van der Waals surface area contributed by atoms with Crippen molar-refractivity contribution in [2.24, 2.45) is 5.92 Å². The summed E-state index contributed by atoms with van der Waals surface area (Å²) in [6, 6.07) is 2.96. The SMILES string of the molecule is COCCCC(C)C(=O)NCC(C)(O)c1ccc(F)cc1F. The fraction of sp³-hybridized carbons (Fsp3) is 0.562. The standard InChI is InChI=1S/C16H23F2NO3/c1-11(5-4-8-22-3)15(20)19-10-16(2,21)13-7-6-12(17)9-14(13)18/h6-7,9,11,21H,4-5,8,10H2,1-3H3,(H,19,20). The average Bonchev–Trinajstić information content (AvgIpc) is 2.44. The summed E-state index contributed by atoms with van der Waals surface area (Å²) in [5.41, 5.74) is -1.67. The van der Waals surface area contributed by atoms with E-state index in [4.69, 9.17) is 4.74 Å². The summed E-state index contributed by atoms with van der Waals surface area (Å²) in [5.74, 6) is -2.01. The summed E-state index contributed by atoms with van der Waals surface area (Å²) in [4.78, 5) is 11.9. The molecule has 124 valence electrons. The Balaban J connectivity index is 2.59. The van der Waals surface area contributed by atoms with Gasteiger partial charge in [-0.2, -0.15) is 0 Å². The molecule has 0 aromatic heterocycles. The number of aliphatic hydroxyl groups is 1. The van der Waals surface area contributed by atoms with Crippen LogP contribution in [0.1, 0.15) is 32.3 Å². The van der Waals surface area contributed by atoms with Gasteiger partial charge in [0.1, 0.15) is 17.2 Å². The molecule has 1 aromatic rings. The van der Waals surface area contributed by atoms with Gasteiger partial charge in [-0.1, -0.05) is 13.0 Å². The molecule has 0 saturated heterocycles. The molecular formula is C16H23F2NO3. The van der Waals surface area contributed by atoms with Crippen LogP contribution in [-0.2, 0) is 15.1 Å². The van der Waals surface area contributed by atoms with Crippen molar-refractivity contribution in [1.82, 2.24) is 5.32 Å². The lowest BCUT2D eigenvalue weighted by Gasteiger charge is -2.25. The fourth-order valence-electron chi connectivity index (χ4n) is 2.12. The number of benzene rings is 1. The Morgan fingerprint density at radius 2 is 2.14 bits per heavy atom. The van der Waals surface area contributed by atoms with Gasteiger partial charge in [0.15, 0.2) is 0 Å². The van der Waals surface area contributed by atoms with Gasteiger partial charge >= 0.3 is 0 Å². The molecule has 0 aliphatic heterocycles. The van der Waals surface area contributed by atoms with E-state index in [-0.39, 0.29) is 23.9 Å². The lowest BCUT2D eigenvalue weighted by molar-refractivity contribution is -0.126. The van der Waals surface area contributed by atoms with Crippen LogP contribution in [0.25, 0.3) is 0 Å². The Morgan fingerprint density at radius 3 is 2.73 bits per heavy atom. The smallest absolute Gasteiger partial charge is 0.222 e. The summed E-state index contributed by atoms with van der Waals surface area (Å²) >= 11 is 0. The normalized spacial score (nSPS) is 15.2. The highest BCUT2D eigenvalue weighted by atomic mass is 19.1. The Morgan fingerprint density at radius 1 is 1.45 bits per heavy atom. The van der Waals surface area contributed by atoms with Gasteiger partial charge in [0.2, 0.25) is 5.91 Å². The minimum atomic E-state index is -1.61. The summed E-state index contributed by atoms with van der Waals surface area (Å²) in [6.45, 7) is 3.58. The Bertz CT molecular complexity index is 506. The molecular weight excluding hydrogens is 292 g/mol. The van der Waals surface area contributed by atoms with Gasteiger partial charge in [-0.25, -0.2) is 8.78 Å². The van der Waals surface area contributed by atoms with Crippen LogP contribution in [0.5, 0.6) is 0 Å². The van der Waals surface area contributed by atoms with E-state index in [2.05, 4.69) is 5.32 Å². The molecule has 2 unspecified atom stereocenters. The molecule has 0 spiro atoms. The maximum Gasteiger partial charge on any atom is 0.222 e. The summed E-state index contributed by atoms with van der Waals surface area (Å²) in [5, 5.41) is 12.9. The molecule has 1 amide bonds. The maximum absolute atomic E-state index is 13.7.